The maximum Gasteiger partial charge on any atom is 0.132 e. The van der Waals surface area contributed by atoms with E-state index < -0.39 is 0 Å². The normalized spacial score (nSPS) is 14.9. The highest BCUT2D eigenvalue weighted by molar-refractivity contribution is 7.98. The molecule has 0 radical (unpaired) electrons. The van der Waals surface area contributed by atoms with E-state index in [0.717, 1.165) is 18.8 Å². The first-order valence-corrected chi connectivity index (χ1v) is 5.49. The van der Waals surface area contributed by atoms with E-state index in [2.05, 4.69) is 22.2 Å². The molecule has 2 nitrogen and oxygen atoms in total. The van der Waals surface area contributed by atoms with E-state index in [0.29, 0.717) is 0 Å². The van der Waals surface area contributed by atoms with Crippen LogP contribution in [0.5, 0.6) is 0 Å². The summed E-state index contributed by atoms with van der Waals surface area (Å²) in [4.78, 5) is 6.71. The van der Waals surface area contributed by atoms with E-state index in [9.17, 15) is 0 Å². The van der Waals surface area contributed by atoms with Gasteiger partial charge >= 0.3 is 0 Å². The van der Waals surface area contributed by atoms with Gasteiger partial charge in [0.2, 0.25) is 0 Å². The quantitative estimate of drug-likeness (QED) is 0.690. The van der Waals surface area contributed by atoms with E-state index >= 15 is 0 Å². The van der Waals surface area contributed by atoms with E-state index in [-0.39, 0.29) is 0 Å². The molecule has 1 aromatic heterocycles. The van der Waals surface area contributed by atoms with Gasteiger partial charge in [0.25, 0.3) is 0 Å². The van der Waals surface area contributed by atoms with Gasteiger partial charge in [-0.15, -0.1) is 11.8 Å². The van der Waals surface area contributed by atoms with Crippen molar-refractivity contribution in [3.63, 3.8) is 0 Å². The second-order valence-electron chi connectivity index (χ2n) is 2.92. The van der Waals surface area contributed by atoms with Crippen molar-refractivity contribution in [2.24, 2.45) is 0 Å². The van der Waals surface area contributed by atoms with Crippen LogP contribution in [0.3, 0.4) is 0 Å². The third-order valence-corrected chi connectivity index (χ3v) is 2.67. The van der Waals surface area contributed by atoms with Crippen molar-refractivity contribution in [2.45, 2.75) is 6.42 Å². The molecule has 12 heavy (non-hydrogen) atoms. The molecule has 0 saturated carbocycles. The van der Waals surface area contributed by atoms with Crippen LogP contribution in [0.4, 0.5) is 5.82 Å². The molecule has 3 heteroatoms. The third kappa shape index (κ3) is 1.29. The Hall–Kier alpha value is -0.700. The number of thioether (sulfide) groups is 1. The smallest absolute Gasteiger partial charge is 0.132 e. The van der Waals surface area contributed by atoms with Gasteiger partial charge in [0, 0.05) is 12.7 Å². The van der Waals surface area contributed by atoms with Crippen LogP contribution in [0.25, 0.3) is 0 Å². The molecule has 0 atom stereocenters. The number of nitrogens with zero attached hydrogens (tertiary/aromatic N) is 2. The summed E-state index contributed by atoms with van der Waals surface area (Å²) in [6.45, 7) is 1.13. The molecular weight excluding hydrogens is 168 g/mol. The first-order valence-electron chi connectivity index (χ1n) is 4.09. The number of fused-ring (bicyclic) bond motifs is 1. The second kappa shape index (κ2) is 3.35. The van der Waals surface area contributed by atoms with Gasteiger partial charge in [-0.2, -0.15) is 0 Å². The van der Waals surface area contributed by atoms with E-state index in [1.165, 1.54) is 11.4 Å². The largest absolute Gasteiger partial charge is 0.347 e. The highest BCUT2D eigenvalue weighted by atomic mass is 32.2. The van der Waals surface area contributed by atoms with Gasteiger partial charge in [-0.05, 0) is 24.3 Å². The van der Waals surface area contributed by atoms with Gasteiger partial charge < -0.3 is 4.90 Å². The third-order valence-electron chi connectivity index (χ3n) is 2.10. The molecule has 0 fully saturated rings. The second-order valence-corrected chi connectivity index (χ2v) is 3.75. The molecule has 1 aromatic rings. The fourth-order valence-corrected chi connectivity index (χ4v) is 2.12. The summed E-state index contributed by atoms with van der Waals surface area (Å²) in [6.07, 6.45) is 5.15. The fourth-order valence-electron chi connectivity index (χ4n) is 1.55. The monoisotopic (exact) mass is 180 g/mol. The Morgan fingerprint density at radius 3 is 3.42 bits per heavy atom. The van der Waals surface area contributed by atoms with Crippen LogP contribution in [-0.4, -0.2) is 23.7 Å². The molecule has 0 aromatic carbocycles. The Kier molecular flexibility index (Phi) is 2.21. The van der Waals surface area contributed by atoms with Crippen LogP contribution in [-0.2, 0) is 6.42 Å². The Balaban J connectivity index is 2.24. The van der Waals surface area contributed by atoms with Crippen molar-refractivity contribution in [1.82, 2.24) is 4.98 Å². The Bertz CT molecular complexity index is 273. The van der Waals surface area contributed by atoms with Crippen molar-refractivity contribution >= 4 is 17.6 Å². The number of anilines is 1. The summed E-state index contributed by atoms with van der Waals surface area (Å²) in [5.41, 5.74) is 1.39. The lowest BCUT2D eigenvalue weighted by molar-refractivity contribution is 0.928. The summed E-state index contributed by atoms with van der Waals surface area (Å²) >= 11 is 1.85. The van der Waals surface area contributed by atoms with Crippen molar-refractivity contribution < 1.29 is 0 Å². The lowest BCUT2D eigenvalue weighted by atomic mass is 10.2. The minimum Gasteiger partial charge on any atom is -0.347 e. The molecule has 0 saturated heterocycles. The molecule has 0 N–H and O–H groups in total. The van der Waals surface area contributed by atoms with Crippen molar-refractivity contribution in [2.75, 3.05) is 23.6 Å². The predicted molar refractivity (Wildman–Crippen MR) is 53.7 cm³/mol. The maximum absolute atomic E-state index is 4.37. The maximum atomic E-state index is 4.37. The van der Waals surface area contributed by atoms with E-state index in [4.69, 9.17) is 0 Å². The van der Waals surface area contributed by atoms with E-state index in [1.54, 1.807) is 0 Å². The van der Waals surface area contributed by atoms with Gasteiger partial charge in [0.1, 0.15) is 5.82 Å². The van der Waals surface area contributed by atoms with Gasteiger partial charge in [0.05, 0.1) is 5.88 Å². The minimum absolute atomic E-state index is 1.06. The number of hydrogen-bond acceptors (Lipinski definition) is 3. The van der Waals surface area contributed by atoms with Crippen molar-refractivity contribution in [1.29, 1.82) is 0 Å². The number of hydrogen-bond donors (Lipinski definition) is 0. The first kappa shape index (κ1) is 7.92. The van der Waals surface area contributed by atoms with Gasteiger partial charge in [0.15, 0.2) is 0 Å². The summed E-state index contributed by atoms with van der Waals surface area (Å²) < 4.78 is 0. The van der Waals surface area contributed by atoms with Gasteiger partial charge in [-0.1, -0.05) is 6.07 Å². The average molecular weight is 180 g/mol. The molecule has 0 bridgehead atoms. The van der Waals surface area contributed by atoms with Gasteiger partial charge in [-0.3, -0.25) is 0 Å². The van der Waals surface area contributed by atoms with Crippen LogP contribution in [0, 0.1) is 0 Å². The number of rotatable bonds is 2. The molecule has 2 rings (SSSR count). The number of pyridine rings is 1. The molecule has 0 unspecified atom stereocenters. The van der Waals surface area contributed by atoms with Crippen LogP contribution in [0.2, 0.25) is 0 Å². The summed E-state index contributed by atoms with van der Waals surface area (Å²) in [5, 5.41) is 0. The molecule has 0 aliphatic carbocycles. The van der Waals surface area contributed by atoms with E-state index in [1.807, 2.05) is 24.0 Å². The minimum atomic E-state index is 1.06. The predicted octanol–water partition coefficient (Wildman–Crippen LogP) is 1.76. The zero-order valence-corrected chi connectivity index (χ0v) is 7.97. The Labute approximate surface area is 77.0 Å². The molecule has 1 aliphatic rings. The molecule has 64 valence electrons. The molecule has 2 heterocycles. The zero-order valence-electron chi connectivity index (χ0n) is 7.16. The topological polar surface area (TPSA) is 16.1 Å². The average Bonchev–Trinajstić information content (AvgIpc) is 2.50. The first-order chi connectivity index (χ1) is 5.92. The lowest BCUT2D eigenvalue weighted by Gasteiger charge is -2.15. The zero-order chi connectivity index (χ0) is 8.39. The standard InChI is InChI=1S/C9H12N2S/c1-12-7-11-6-4-8-3-2-5-10-9(8)11/h2-3,5H,4,6-7H2,1H3. The Morgan fingerprint density at radius 2 is 2.58 bits per heavy atom. The number of aromatic nitrogens is 1. The van der Waals surface area contributed by atoms with Crippen LogP contribution in [0.15, 0.2) is 18.3 Å². The highest BCUT2D eigenvalue weighted by Crippen LogP contribution is 2.25. The molecule has 0 spiro atoms. The summed E-state index contributed by atoms with van der Waals surface area (Å²) in [6, 6.07) is 4.18. The van der Waals surface area contributed by atoms with Gasteiger partial charge in [-0.25, -0.2) is 4.98 Å². The molecular formula is C9H12N2S. The Morgan fingerprint density at radius 1 is 1.67 bits per heavy atom. The van der Waals surface area contributed by atoms with Crippen molar-refractivity contribution in [3.05, 3.63) is 23.9 Å². The fraction of sp³-hybridized carbons (Fsp3) is 0.444. The van der Waals surface area contributed by atoms with Crippen molar-refractivity contribution in [3.8, 4) is 0 Å². The SMILES string of the molecule is CSCN1CCc2cccnc21. The highest BCUT2D eigenvalue weighted by Gasteiger charge is 2.18. The summed E-state index contributed by atoms with van der Waals surface area (Å²) in [7, 11) is 0. The van der Waals surface area contributed by atoms with Crippen LogP contribution < -0.4 is 4.90 Å². The lowest BCUT2D eigenvalue weighted by Crippen LogP contribution is -2.19. The summed E-state index contributed by atoms with van der Waals surface area (Å²) in [5.74, 6) is 2.25. The molecule has 1 aliphatic heterocycles. The van der Waals surface area contributed by atoms with Crippen LogP contribution >= 0.6 is 11.8 Å². The molecule has 0 amide bonds. The van der Waals surface area contributed by atoms with Crippen LogP contribution in [0.1, 0.15) is 5.56 Å².